The van der Waals surface area contributed by atoms with E-state index in [1.165, 1.54) is 18.9 Å². The van der Waals surface area contributed by atoms with Crippen molar-refractivity contribution < 1.29 is 19.1 Å². The molecule has 150 valence electrons. The van der Waals surface area contributed by atoms with Crippen molar-refractivity contribution in [3.05, 3.63) is 39.7 Å². The number of nitrogens with one attached hydrogen (secondary N) is 2. The smallest absolute Gasteiger partial charge is 0.257 e. The van der Waals surface area contributed by atoms with Crippen LogP contribution in [0.15, 0.2) is 28.2 Å². The minimum atomic E-state index is -0.620. The van der Waals surface area contributed by atoms with Gasteiger partial charge in [0.2, 0.25) is 5.91 Å². The van der Waals surface area contributed by atoms with Crippen molar-refractivity contribution in [2.45, 2.75) is 17.5 Å². The molecule has 0 unspecified atom stereocenters. The summed E-state index contributed by atoms with van der Waals surface area (Å²) in [4.78, 5) is 42.9. The fourth-order valence-electron chi connectivity index (χ4n) is 2.98. The van der Waals surface area contributed by atoms with Crippen LogP contribution in [0.1, 0.15) is 23.5 Å². The summed E-state index contributed by atoms with van der Waals surface area (Å²) in [5.74, 6) is 2.26. The Morgan fingerprint density at radius 1 is 1.41 bits per heavy atom. The van der Waals surface area contributed by atoms with E-state index in [4.69, 9.17) is 21.6 Å². The highest BCUT2D eigenvalue weighted by atomic mass is 32.2. The van der Waals surface area contributed by atoms with E-state index in [0.29, 0.717) is 33.5 Å². The number of amides is 2. The number of ether oxygens (including phenoxy) is 2. The molecule has 1 aliphatic heterocycles. The van der Waals surface area contributed by atoms with E-state index in [1.54, 1.807) is 18.2 Å². The number of primary amides is 1. The Balaban J connectivity index is 2.00. The lowest BCUT2D eigenvalue weighted by Crippen LogP contribution is -2.31. The van der Waals surface area contributed by atoms with Gasteiger partial charge in [-0.1, -0.05) is 23.7 Å². The molecule has 3 rings (SSSR count). The van der Waals surface area contributed by atoms with Crippen LogP contribution >= 0.6 is 11.8 Å². The summed E-state index contributed by atoms with van der Waals surface area (Å²) >= 11 is 1.19. The minimum Gasteiger partial charge on any atom is -0.493 e. The molecule has 2 heterocycles. The summed E-state index contributed by atoms with van der Waals surface area (Å²) in [6.45, 7) is -0.300. The zero-order valence-corrected chi connectivity index (χ0v) is 16.3. The number of terminal acetylenes is 1. The van der Waals surface area contributed by atoms with Crippen LogP contribution in [0.2, 0.25) is 0 Å². The molecule has 0 spiro atoms. The van der Waals surface area contributed by atoms with Crippen LogP contribution in [0.4, 0.5) is 5.82 Å². The normalized spacial score (nSPS) is 15.0. The lowest BCUT2D eigenvalue weighted by atomic mass is 9.86. The summed E-state index contributed by atoms with van der Waals surface area (Å²) in [6, 6.07) is 4.96. The third-order valence-electron chi connectivity index (χ3n) is 4.18. The van der Waals surface area contributed by atoms with Crippen molar-refractivity contribution >= 4 is 29.4 Å². The standard InChI is InChI=1S/C19H18N4O5S/c1-3-6-29-19-22-17-16(18(26)23-19)11(8-15(25)21-17)10-4-5-12(13(7-10)27-2)28-9-14(20)24/h1,4-5,7,11H,6,8-9H2,2H3,(H2,20,24)(H2,21,22,23,25,26)/t11-/m0/s1. The molecule has 4 N–H and O–H groups in total. The topological polar surface area (TPSA) is 136 Å². The Labute approximate surface area is 170 Å². The number of fused-ring (bicyclic) bond motifs is 1. The van der Waals surface area contributed by atoms with Crippen LogP contribution in [0, 0.1) is 12.3 Å². The van der Waals surface area contributed by atoms with Gasteiger partial charge in [0.25, 0.3) is 11.5 Å². The number of hydrogen-bond acceptors (Lipinski definition) is 7. The highest BCUT2D eigenvalue weighted by molar-refractivity contribution is 7.99. The second-order valence-corrected chi connectivity index (χ2v) is 7.06. The van der Waals surface area contributed by atoms with Crippen molar-refractivity contribution in [2.75, 3.05) is 24.8 Å². The Morgan fingerprint density at radius 2 is 2.21 bits per heavy atom. The molecule has 1 aromatic heterocycles. The van der Waals surface area contributed by atoms with E-state index in [0.717, 1.165) is 0 Å². The fraction of sp³-hybridized carbons (Fsp3) is 0.263. The maximum Gasteiger partial charge on any atom is 0.257 e. The van der Waals surface area contributed by atoms with Crippen LogP contribution in [-0.2, 0) is 9.59 Å². The number of aromatic amines is 1. The zero-order chi connectivity index (χ0) is 21.0. The monoisotopic (exact) mass is 414 g/mol. The minimum absolute atomic E-state index is 0.0687. The van der Waals surface area contributed by atoms with Gasteiger partial charge in [-0.15, -0.1) is 6.42 Å². The van der Waals surface area contributed by atoms with Crippen LogP contribution in [-0.4, -0.2) is 41.3 Å². The number of methoxy groups -OCH3 is 1. The Bertz CT molecular complexity index is 1060. The summed E-state index contributed by atoms with van der Waals surface area (Å²) in [5.41, 5.74) is 5.76. The lowest BCUT2D eigenvalue weighted by Gasteiger charge is -2.25. The first-order valence-electron chi connectivity index (χ1n) is 8.52. The fourth-order valence-corrected chi connectivity index (χ4v) is 3.52. The van der Waals surface area contributed by atoms with Crippen molar-refractivity contribution in [2.24, 2.45) is 5.73 Å². The van der Waals surface area contributed by atoms with Gasteiger partial charge < -0.3 is 25.5 Å². The zero-order valence-electron chi connectivity index (χ0n) is 15.5. The summed E-state index contributed by atoms with van der Waals surface area (Å²) in [7, 11) is 1.45. The Kier molecular flexibility index (Phi) is 6.09. The highest BCUT2D eigenvalue weighted by Gasteiger charge is 2.31. The number of nitrogens with two attached hydrogens (primary N) is 1. The van der Waals surface area contributed by atoms with Gasteiger partial charge in [-0.25, -0.2) is 4.98 Å². The number of aromatic nitrogens is 2. The lowest BCUT2D eigenvalue weighted by molar-refractivity contribution is -0.120. The van der Waals surface area contributed by atoms with Crippen LogP contribution in [0.25, 0.3) is 0 Å². The molecule has 29 heavy (non-hydrogen) atoms. The molecule has 0 aliphatic carbocycles. The van der Waals surface area contributed by atoms with E-state index < -0.39 is 11.8 Å². The second kappa shape index (κ2) is 8.70. The van der Waals surface area contributed by atoms with E-state index >= 15 is 0 Å². The van der Waals surface area contributed by atoms with E-state index in [1.807, 2.05) is 0 Å². The number of hydrogen-bond donors (Lipinski definition) is 3. The second-order valence-electron chi connectivity index (χ2n) is 6.10. The molecule has 2 amide bonds. The maximum absolute atomic E-state index is 12.7. The summed E-state index contributed by atoms with van der Waals surface area (Å²) in [6.07, 6.45) is 5.31. The van der Waals surface area contributed by atoms with Crippen molar-refractivity contribution in [1.82, 2.24) is 9.97 Å². The summed E-state index contributed by atoms with van der Waals surface area (Å²) in [5, 5.41) is 2.98. The van der Waals surface area contributed by atoms with Gasteiger partial charge in [-0.2, -0.15) is 0 Å². The molecule has 1 aromatic carbocycles. The number of anilines is 1. The molecule has 10 heteroatoms. The maximum atomic E-state index is 12.7. The first-order chi connectivity index (χ1) is 13.9. The number of H-pyrrole nitrogens is 1. The number of carbonyl (C=O) groups excluding carboxylic acids is 2. The van der Waals surface area contributed by atoms with Gasteiger partial charge in [0.05, 0.1) is 18.4 Å². The van der Waals surface area contributed by atoms with Gasteiger partial charge in [0.15, 0.2) is 23.3 Å². The van der Waals surface area contributed by atoms with Gasteiger partial charge >= 0.3 is 0 Å². The molecule has 1 aliphatic rings. The van der Waals surface area contributed by atoms with Gasteiger partial charge in [0, 0.05) is 12.3 Å². The average Bonchev–Trinajstić information content (AvgIpc) is 2.69. The van der Waals surface area contributed by atoms with E-state index in [2.05, 4.69) is 21.2 Å². The average molecular weight is 414 g/mol. The molecule has 0 fully saturated rings. The highest BCUT2D eigenvalue weighted by Crippen LogP contribution is 2.38. The molecular formula is C19H18N4O5S. The van der Waals surface area contributed by atoms with Crippen LogP contribution in [0.5, 0.6) is 11.5 Å². The van der Waals surface area contributed by atoms with Gasteiger partial charge in [0.1, 0.15) is 5.82 Å². The molecule has 0 saturated heterocycles. The van der Waals surface area contributed by atoms with Crippen molar-refractivity contribution in [3.63, 3.8) is 0 Å². The van der Waals surface area contributed by atoms with E-state index in [9.17, 15) is 14.4 Å². The number of carbonyl (C=O) groups is 2. The number of nitrogens with zero attached hydrogens (tertiary/aromatic N) is 1. The molecular weight excluding hydrogens is 396 g/mol. The molecule has 0 radical (unpaired) electrons. The molecule has 9 nitrogen and oxygen atoms in total. The molecule has 2 aromatic rings. The summed E-state index contributed by atoms with van der Waals surface area (Å²) < 4.78 is 10.6. The van der Waals surface area contributed by atoms with Crippen LogP contribution < -0.4 is 26.1 Å². The molecule has 0 saturated carbocycles. The molecule has 1 atom stereocenters. The Morgan fingerprint density at radius 3 is 2.90 bits per heavy atom. The largest absolute Gasteiger partial charge is 0.493 e. The first-order valence-corrected chi connectivity index (χ1v) is 9.50. The molecule has 0 bridgehead atoms. The van der Waals surface area contributed by atoms with Crippen molar-refractivity contribution in [1.29, 1.82) is 0 Å². The Hall–Kier alpha value is -3.45. The predicted octanol–water partition coefficient (Wildman–Crippen LogP) is 0.842. The van der Waals surface area contributed by atoms with Crippen LogP contribution in [0.3, 0.4) is 0 Å². The first kappa shape index (κ1) is 20.3. The third kappa shape index (κ3) is 4.52. The SMILES string of the molecule is C#CCSc1nc2c(c(=O)[nH]1)[C@H](c1ccc(OCC(N)=O)c(OC)c1)CC(=O)N2. The number of benzene rings is 1. The van der Waals surface area contributed by atoms with Crippen molar-refractivity contribution in [3.8, 4) is 23.8 Å². The third-order valence-corrected chi connectivity index (χ3v) is 4.96. The van der Waals surface area contributed by atoms with Gasteiger partial charge in [-0.3, -0.25) is 14.4 Å². The predicted molar refractivity (Wildman–Crippen MR) is 107 cm³/mol. The number of rotatable bonds is 7. The quantitative estimate of drug-likeness (QED) is 0.347. The number of thioether (sulfide) groups is 1. The van der Waals surface area contributed by atoms with E-state index in [-0.39, 0.29) is 30.3 Å². The van der Waals surface area contributed by atoms with Gasteiger partial charge in [-0.05, 0) is 17.7 Å².